The maximum Gasteiger partial charge on any atom is 0.326 e. The van der Waals surface area contributed by atoms with Gasteiger partial charge in [0, 0.05) is 6.07 Å². The van der Waals surface area contributed by atoms with Gasteiger partial charge in [-0.25, -0.2) is 0 Å². The molecule has 30 heavy (non-hydrogen) atoms. The van der Waals surface area contributed by atoms with Crippen LogP contribution in [0, 0.1) is 10.1 Å². The van der Waals surface area contributed by atoms with Gasteiger partial charge in [-0.3, -0.25) is 24.5 Å². The number of carbonyl (C=O) groups is 3. The van der Waals surface area contributed by atoms with Gasteiger partial charge in [-0.1, -0.05) is 30.3 Å². The Bertz CT molecular complexity index is 931. The molecule has 0 aliphatic heterocycles. The predicted molar refractivity (Wildman–Crippen MR) is 107 cm³/mol. The molecule has 2 rings (SSSR count). The van der Waals surface area contributed by atoms with Crippen LogP contribution in [-0.4, -0.2) is 42.5 Å². The van der Waals surface area contributed by atoms with E-state index in [1.54, 1.807) is 24.3 Å². The topological polar surface area (TPSA) is 137 Å². The standard InChI is InChI=1S/C20H21N3O7/c1-13(20(26)22-16-9-8-15(23(27)28)11-17(16)29-2)30-19(25)12-21-18(24)10-14-6-4-3-5-7-14/h3-9,11,13H,10,12H2,1-2H3,(H,21,24)(H,22,26)/t13-/m1/s1. The molecule has 0 aliphatic carbocycles. The van der Waals surface area contributed by atoms with Crippen LogP contribution in [0.1, 0.15) is 12.5 Å². The van der Waals surface area contributed by atoms with Crippen LogP contribution < -0.4 is 15.4 Å². The SMILES string of the molecule is COc1cc([N+](=O)[O-])ccc1NC(=O)[C@@H](C)OC(=O)CNC(=O)Cc1ccccc1. The first-order valence-electron chi connectivity index (χ1n) is 8.93. The fourth-order valence-corrected chi connectivity index (χ4v) is 2.44. The second-order valence-electron chi connectivity index (χ2n) is 6.20. The second kappa shape index (κ2) is 10.6. The molecule has 0 bridgehead atoms. The van der Waals surface area contributed by atoms with Crippen LogP contribution in [0.3, 0.4) is 0 Å². The molecule has 10 nitrogen and oxygen atoms in total. The number of benzene rings is 2. The number of nitrogens with zero attached hydrogens (tertiary/aromatic N) is 1. The number of hydrogen-bond acceptors (Lipinski definition) is 7. The lowest BCUT2D eigenvalue weighted by molar-refractivity contribution is -0.384. The molecular formula is C20H21N3O7. The molecule has 0 saturated carbocycles. The summed E-state index contributed by atoms with van der Waals surface area (Å²) in [6.07, 6.45) is -1.05. The summed E-state index contributed by atoms with van der Waals surface area (Å²) in [6.45, 7) is 0.973. The molecule has 1 atom stereocenters. The number of nitro benzene ring substituents is 1. The Balaban J connectivity index is 1.84. The summed E-state index contributed by atoms with van der Waals surface area (Å²) < 4.78 is 10.0. The predicted octanol–water partition coefficient (Wildman–Crippen LogP) is 1.83. The molecule has 2 amide bonds. The summed E-state index contributed by atoms with van der Waals surface area (Å²) in [5, 5.41) is 15.7. The number of nitrogens with one attached hydrogen (secondary N) is 2. The van der Waals surface area contributed by atoms with Gasteiger partial charge < -0.3 is 20.1 Å². The number of esters is 1. The molecule has 0 aliphatic rings. The fourth-order valence-electron chi connectivity index (χ4n) is 2.44. The maximum absolute atomic E-state index is 12.2. The quantitative estimate of drug-likeness (QED) is 0.362. The van der Waals surface area contributed by atoms with E-state index < -0.39 is 22.9 Å². The van der Waals surface area contributed by atoms with Gasteiger partial charge in [-0.05, 0) is 18.6 Å². The smallest absolute Gasteiger partial charge is 0.326 e. The summed E-state index contributed by atoms with van der Waals surface area (Å²) in [6, 6.07) is 12.7. The van der Waals surface area contributed by atoms with Gasteiger partial charge in [-0.15, -0.1) is 0 Å². The van der Waals surface area contributed by atoms with Crippen molar-refractivity contribution in [1.82, 2.24) is 5.32 Å². The van der Waals surface area contributed by atoms with E-state index in [0.717, 1.165) is 11.6 Å². The van der Waals surface area contributed by atoms with Crippen LogP contribution in [0.4, 0.5) is 11.4 Å². The Labute approximate surface area is 172 Å². The minimum Gasteiger partial charge on any atom is -0.494 e. The third kappa shape index (κ3) is 6.59. The lowest BCUT2D eigenvalue weighted by atomic mass is 10.1. The maximum atomic E-state index is 12.2. The first-order chi connectivity index (χ1) is 14.3. The molecule has 0 spiro atoms. The van der Waals surface area contributed by atoms with Crippen molar-refractivity contribution in [2.45, 2.75) is 19.4 Å². The highest BCUT2D eigenvalue weighted by atomic mass is 16.6. The summed E-state index contributed by atoms with van der Waals surface area (Å²) in [7, 11) is 1.30. The van der Waals surface area contributed by atoms with Crippen LogP contribution >= 0.6 is 0 Å². The molecule has 2 N–H and O–H groups in total. The van der Waals surface area contributed by atoms with E-state index >= 15 is 0 Å². The number of methoxy groups -OCH3 is 1. The van der Waals surface area contributed by atoms with E-state index in [0.29, 0.717) is 0 Å². The molecule has 10 heteroatoms. The van der Waals surface area contributed by atoms with Gasteiger partial charge in [0.1, 0.15) is 12.3 Å². The van der Waals surface area contributed by atoms with E-state index in [1.807, 2.05) is 6.07 Å². The summed E-state index contributed by atoms with van der Waals surface area (Å²) in [5.74, 6) is -1.71. The van der Waals surface area contributed by atoms with Crippen molar-refractivity contribution < 1.29 is 28.8 Å². The van der Waals surface area contributed by atoms with Gasteiger partial charge in [-0.2, -0.15) is 0 Å². The normalized spacial score (nSPS) is 11.1. The second-order valence-corrected chi connectivity index (χ2v) is 6.20. The minimum absolute atomic E-state index is 0.0873. The van der Waals surface area contributed by atoms with Gasteiger partial charge in [0.25, 0.3) is 11.6 Å². The first-order valence-corrected chi connectivity index (χ1v) is 8.93. The van der Waals surface area contributed by atoms with Crippen molar-refractivity contribution in [3.63, 3.8) is 0 Å². The zero-order valence-corrected chi connectivity index (χ0v) is 16.4. The molecular weight excluding hydrogens is 394 g/mol. The molecule has 0 radical (unpaired) electrons. The Morgan fingerprint density at radius 3 is 2.47 bits per heavy atom. The zero-order chi connectivity index (χ0) is 22.1. The van der Waals surface area contributed by atoms with Crippen molar-refractivity contribution in [3.05, 3.63) is 64.2 Å². The number of nitro groups is 1. The van der Waals surface area contributed by atoms with Gasteiger partial charge in [0.15, 0.2) is 6.10 Å². The monoisotopic (exact) mass is 415 g/mol. The molecule has 2 aromatic carbocycles. The highest BCUT2D eigenvalue weighted by Crippen LogP contribution is 2.29. The van der Waals surface area contributed by atoms with Crippen LogP contribution in [0.15, 0.2) is 48.5 Å². The Hall–Kier alpha value is -3.95. The third-order valence-electron chi connectivity index (χ3n) is 3.97. The molecule has 0 heterocycles. The van der Waals surface area contributed by atoms with E-state index in [9.17, 15) is 24.5 Å². The zero-order valence-electron chi connectivity index (χ0n) is 16.4. The number of carbonyl (C=O) groups excluding carboxylic acids is 3. The number of rotatable bonds is 9. The first kappa shape index (κ1) is 22.3. The fraction of sp³-hybridized carbons (Fsp3) is 0.250. The summed E-state index contributed by atoms with van der Waals surface area (Å²) in [4.78, 5) is 46.2. The van der Waals surface area contributed by atoms with Gasteiger partial charge in [0.2, 0.25) is 5.91 Å². The summed E-state index contributed by atoms with van der Waals surface area (Å²) >= 11 is 0. The average molecular weight is 415 g/mol. The average Bonchev–Trinajstić information content (AvgIpc) is 2.73. The van der Waals surface area contributed by atoms with Crippen LogP contribution in [0.5, 0.6) is 5.75 Å². The van der Waals surface area contributed by atoms with Crippen LogP contribution in [0.25, 0.3) is 0 Å². The Morgan fingerprint density at radius 1 is 1.13 bits per heavy atom. The number of hydrogen-bond donors (Lipinski definition) is 2. The molecule has 158 valence electrons. The van der Waals surface area contributed by atoms with E-state index in [-0.39, 0.29) is 36.0 Å². The molecule has 0 saturated heterocycles. The minimum atomic E-state index is -1.16. The molecule has 2 aromatic rings. The summed E-state index contributed by atoms with van der Waals surface area (Å²) in [5.41, 5.74) is 0.788. The Morgan fingerprint density at radius 2 is 1.83 bits per heavy atom. The Kier molecular flexibility index (Phi) is 7.86. The van der Waals surface area contributed by atoms with Crippen molar-refractivity contribution in [1.29, 1.82) is 0 Å². The van der Waals surface area contributed by atoms with E-state index in [4.69, 9.17) is 9.47 Å². The largest absolute Gasteiger partial charge is 0.494 e. The highest BCUT2D eigenvalue weighted by Gasteiger charge is 2.20. The lowest BCUT2D eigenvalue weighted by Crippen LogP contribution is -2.36. The van der Waals surface area contributed by atoms with Crippen molar-refractivity contribution >= 4 is 29.2 Å². The van der Waals surface area contributed by atoms with Crippen LogP contribution in [-0.2, 0) is 25.5 Å². The van der Waals surface area contributed by atoms with Crippen LogP contribution in [0.2, 0.25) is 0 Å². The highest BCUT2D eigenvalue weighted by molar-refractivity contribution is 5.96. The lowest BCUT2D eigenvalue weighted by Gasteiger charge is -2.15. The van der Waals surface area contributed by atoms with Crippen molar-refractivity contribution in [2.24, 2.45) is 0 Å². The van der Waals surface area contributed by atoms with Crippen molar-refractivity contribution in [2.75, 3.05) is 19.0 Å². The number of amides is 2. The van der Waals surface area contributed by atoms with E-state index in [2.05, 4.69) is 10.6 Å². The molecule has 0 aromatic heterocycles. The van der Waals surface area contributed by atoms with Gasteiger partial charge in [0.05, 0.1) is 30.2 Å². The molecule has 0 fully saturated rings. The third-order valence-corrected chi connectivity index (χ3v) is 3.97. The van der Waals surface area contributed by atoms with Crippen molar-refractivity contribution in [3.8, 4) is 5.75 Å². The number of ether oxygens (including phenoxy) is 2. The van der Waals surface area contributed by atoms with Gasteiger partial charge >= 0.3 is 5.97 Å². The number of non-ortho nitro benzene ring substituents is 1. The number of anilines is 1. The molecule has 0 unspecified atom stereocenters. The van der Waals surface area contributed by atoms with E-state index in [1.165, 1.54) is 26.2 Å².